The molecule has 1 aromatic heterocycles. The van der Waals surface area contributed by atoms with E-state index in [1.54, 1.807) is 7.05 Å². The molecule has 6 nitrogen and oxygen atoms in total. The minimum atomic E-state index is -0.422. The molecule has 1 saturated heterocycles. The maximum absolute atomic E-state index is 12.1. The fourth-order valence-corrected chi connectivity index (χ4v) is 2.63. The molecular weight excluding hydrogens is 246 g/mol. The lowest BCUT2D eigenvalue weighted by Gasteiger charge is -2.27. The zero-order valence-corrected chi connectivity index (χ0v) is 12.0. The van der Waals surface area contributed by atoms with Gasteiger partial charge in [-0.15, -0.1) is 0 Å². The van der Waals surface area contributed by atoms with Crippen molar-refractivity contribution in [1.82, 2.24) is 14.9 Å². The molecule has 1 aliphatic heterocycles. The highest BCUT2D eigenvalue weighted by Gasteiger charge is 2.46. The van der Waals surface area contributed by atoms with E-state index in [1.165, 1.54) is 10.8 Å². The summed E-state index contributed by atoms with van der Waals surface area (Å²) >= 11 is 0. The summed E-state index contributed by atoms with van der Waals surface area (Å²) in [7, 11) is 1.60. The summed E-state index contributed by atoms with van der Waals surface area (Å²) in [6, 6.07) is -0.0845. The van der Waals surface area contributed by atoms with E-state index >= 15 is 0 Å². The second kappa shape index (κ2) is 4.23. The maximum atomic E-state index is 12.1. The Kier molecular flexibility index (Phi) is 3.09. The Morgan fingerprint density at radius 1 is 1.47 bits per heavy atom. The molecule has 6 heteroatoms. The van der Waals surface area contributed by atoms with Gasteiger partial charge in [0.05, 0.1) is 17.2 Å². The molecule has 0 radical (unpaired) electrons. The molecule has 19 heavy (non-hydrogen) atoms. The van der Waals surface area contributed by atoms with Gasteiger partial charge in [-0.05, 0) is 34.1 Å². The predicted molar refractivity (Wildman–Crippen MR) is 71.1 cm³/mol. The Bertz CT molecular complexity index is 554. The number of imidazole rings is 1. The van der Waals surface area contributed by atoms with Gasteiger partial charge in [-0.3, -0.25) is 4.79 Å². The molecule has 0 aliphatic carbocycles. The van der Waals surface area contributed by atoms with E-state index in [1.807, 2.05) is 27.7 Å². The first-order valence-corrected chi connectivity index (χ1v) is 6.37. The summed E-state index contributed by atoms with van der Waals surface area (Å²) in [5.41, 5.74) is -0.708. The van der Waals surface area contributed by atoms with Gasteiger partial charge in [0.25, 0.3) is 5.91 Å². The van der Waals surface area contributed by atoms with E-state index in [4.69, 9.17) is 4.74 Å². The minimum Gasteiger partial charge on any atom is -0.367 e. The standard InChI is InChI=1S/C13H21N3O3/c1-12(2)6-9(13(3,4)19-12)15-10(17)8-7-16(5)11(18)14-8/h7,9H,6H2,1-5H3,(H,14,18)(H,15,17). The number of nitrogens with one attached hydrogen (secondary N) is 2. The Morgan fingerprint density at radius 2 is 2.11 bits per heavy atom. The van der Waals surface area contributed by atoms with Crippen LogP contribution >= 0.6 is 0 Å². The number of amides is 1. The number of aromatic amines is 1. The monoisotopic (exact) mass is 267 g/mol. The second-order valence-electron chi connectivity index (χ2n) is 6.28. The Morgan fingerprint density at radius 3 is 2.53 bits per heavy atom. The predicted octanol–water partition coefficient (Wildman–Crippen LogP) is 0.789. The van der Waals surface area contributed by atoms with Crippen molar-refractivity contribution in [2.75, 3.05) is 0 Å². The molecule has 0 saturated carbocycles. The number of hydrogen-bond donors (Lipinski definition) is 2. The summed E-state index contributed by atoms with van der Waals surface area (Å²) in [6.45, 7) is 7.93. The average Bonchev–Trinajstić information content (AvgIpc) is 2.65. The largest absolute Gasteiger partial charge is 0.367 e. The zero-order valence-electron chi connectivity index (χ0n) is 12.0. The first-order valence-electron chi connectivity index (χ1n) is 6.37. The normalized spacial score (nSPS) is 24.4. The van der Waals surface area contributed by atoms with Crippen molar-refractivity contribution in [2.24, 2.45) is 7.05 Å². The zero-order chi connectivity index (χ0) is 14.4. The number of hydrogen-bond acceptors (Lipinski definition) is 3. The Balaban J connectivity index is 2.13. The number of carbonyl (C=O) groups excluding carboxylic acids is 1. The average molecular weight is 267 g/mol. The second-order valence-corrected chi connectivity index (χ2v) is 6.28. The number of carbonyl (C=O) groups is 1. The van der Waals surface area contributed by atoms with Crippen molar-refractivity contribution in [2.45, 2.75) is 51.4 Å². The minimum absolute atomic E-state index is 0.0845. The highest BCUT2D eigenvalue weighted by Crippen LogP contribution is 2.37. The molecule has 1 aromatic rings. The molecule has 1 amide bonds. The third-order valence-electron chi connectivity index (χ3n) is 3.51. The maximum Gasteiger partial charge on any atom is 0.325 e. The Labute approximate surface area is 112 Å². The van der Waals surface area contributed by atoms with Crippen LogP contribution in [0.15, 0.2) is 11.0 Å². The van der Waals surface area contributed by atoms with Crippen LogP contribution in [-0.4, -0.2) is 32.7 Å². The van der Waals surface area contributed by atoms with Crippen molar-refractivity contribution in [1.29, 1.82) is 0 Å². The summed E-state index contributed by atoms with van der Waals surface area (Å²) in [5.74, 6) is -0.280. The lowest BCUT2D eigenvalue weighted by molar-refractivity contribution is -0.0693. The molecule has 106 valence electrons. The van der Waals surface area contributed by atoms with E-state index in [2.05, 4.69) is 10.3 Å². The molecule has 2 rings (SSSR count). The van der Waals surface area contributed by atoms with Gasteiger partial charge in [-0.2, -0.15) is 0 Å². The van der Waals surface area contributed by atoms with E-state index < -0.39 is 5.60 Å². The van der Waals surface area contributed by atoms with Gasteiger partial charge in [0.15, 0.2) is 0 Å². The topological polar surface area (TPSA) is 76.1 Å². The van der Waals surface area contributed by atoms with Gasteiger partial charge in [0, 0.05) is 13.2 Å². The summed E-state index contributed by atoms with van der Waals surface area (Å²) < 4.78 is 7.26. The molecule has 1 aliphatic rings. The highest BCUT2D eigenvalue weighted by atomic mass is 16.5. The van der Waals surface area contributed by atoms with E-state index in [0.717, 1.165) is 6.42 Å². The quantitative estimate of drug-likeness (QED) is 0.831. The molecule has 0 aromatic carbocycles. The fraction of sp³-hybridized carbons (Fsp3) is 0.692. The van der Waals surface area contributed by atoms with E-state index in [-0.39, 0.29) is 28.9 Å². The molecule has 0 bridgehead atoms. The number of aromatic nitrogens is 2. The van der Waals surface area contributed by atoms with Gasteiger partial charge < -0.3 is 19.6 Å². The third kappa shape index (κ3) is 2.73. The van der Waals surface area contributed by atoms with Crippen molar-refractivity contribution in [3.8, 4) is 0 Å². The molecular formula is C13H21N3O3. The molecule has 2 heterocycles. The highest BCUT2D eigenvalue weighted by molar-refractivity contribution is 5.92. The first-order chi connectivity index (χ1) is 8.61. The van der Waals surface area contributed by atoms with Crippen molar-refractivity contribution in [3.63, 3.8) is 0 Å². The summed E-state index contributed by atoms with van der Waals surface area (Å²) in [5, 5.41) is 2.93. The summed E-state index contributed by atoms with van der Waals surface area (Å²) in [4.78, 5) is 26.0. The molecule has 2 N–H and O–H groups in total. The van der Waals surface area contributed by atoms with Crippen LogP contribution in [0, 0.1) is 0 Å². The molecule has 0 spiro atoms. The van der Waals surface area contributed by atoms with Crippen LogP contribution in [0.4, 0.5) is 0 Å². The van der Waals surface area contributed by atoms with Crippen LogP contribution < -0.4 is 11.0 Å². The van der Waals surface area contributed by atoms with Gasteiger partial charge >= 0.3 is 5.69 Å². The van der Waals surface area contributed by atoms with Crippen molar-refractivity contribution < 1.29 is 9.53 Å². The Hall–Kier alpha value is -1.56. The van der Waals surface area contributed by atoms with Crippen LogP contribution in [0.2, 0.25) is 0 Å². The molecule has 1 unspecified atom stereocenters. The smallest absolute Gasteiger partial charge is 0.325 e. The van der Waals surface area contributed by atoms with Crippen LogP contribution in [-0.2, 0) is 11.8 Å². The number of ether oxygens (including phenoxy) is 1. The van der Waals surface area contributed by atoms with Crippen molar-refractivity contribution >= 4 is 5.91 Å². The number of H-pyrrole nitrogens is 1. The SMILES string of the molecule is Cn1cc(C(=O)NC2CC(C)(C)OC2(C)C)[nH]c1=O. The lowest BCUT2D eigenvalue weighted by atomic mass is 9.94. The van der Waals surface area contributed by atoms with Crippen LogP contribution in [0.5, 0.6) is 0 Å². The van der Waals surface area contributed by atoms with Gasteiger partial charge in [-0.1, -0.05) is 0 Å². The number of rotatable bonds is 2. The van der Waals surface area contributed by atoms with E-state index in [0.29, 0.717) is 0 Å². The summed E-state index contributed by atoms with van der Waals surface area (Å²) in [6.07, 6.45) is 2.23. The number of nitrogens with zero attached hydrogens (tertiary/aromatic N) is 1. The van der Waals surface area contributed by atoms with Crippen LogP contribution in [0.25, 0.3) is 0 Å². The third-order valence-corrected chi connectivity index (χ3v) is 3.51. The fourth-order valence-electron chi connectivity index (χ4n) is 2.63. The van der Waals surface area contributed by atoms with Gasteiger partial charge in [0.1, 0.15) is 5.69 Å². The van der Waals surface area contributed by atoms with Gasteiger partial charge in [0.2, 0.25) is 0 Å². The van der Waals surface area contributed by atoms with Gasteiger partial charge in [-0.25, -0.2) is 4.79 Å². The van der Waals surface area contributed by atoms with Crippen LogP contribution in [0.1, 0.15) is 44.6 Å². The van der Waals surface area contributed by atoms with E-state index in [9.17, 15) is 9.59 Å². The van der Waals surface area contributed by atoms with Crippen LogP contribution in [0.3, 0.4) is 0 Å². The van der Waals surface area contributed by atoms with Crippen molar-refractivity contribution in [3.05, 3.63) is 22.4 Å². The first kappa shape index (κ1) is 13.9. The number of aryl methyl sites for hydroxylation is 1. The lowest BCUT2D eigenvalue weighted by Crippen LogP contribution is -2.46. The molecule has 1 atom stereocenters. The molecule has 1 fully saturated rings.